The Balaban J connectivity index is 2.70. The second kappa shape index (κ2) is 4.19. The van der Waals surface area contributed by atoms with Crippen LogP contribution in [0.2, 0.25) is 0 Å². The van der Waals surface area contributed by atoms with E-state index in [-0.39, 0.29) is 22.7 Å². The summed E-state index contributed by atoms with van der Waals surface area (Å²) in [6.07, 6.45) is 1.33. The highest BCUT2D eigenvalue weighted by molar-refractivity contribution is 8.00. The zero-order valence-electron chi connectivity index (χ0n) is 6.31. The van der Waals surface area contributed by atoms with Crippen LogP contribution in [-0.4, -0.2) is 10.5 Å². The van der Waals surface area contributed by atoms with E-state index in [9.17, 15) is 13.2 Å². The summed E-state index contributed by atoms with van der Waals surface area (Å²) >= 11 is 5.21. The van der Waals surface area contributed by atoms with Crippen LogP contribution in [0.4, 0.5) is 13.2 Å². The van der Waals surface area contributed by atoms with Crippen LogP contribution in [0, 0.1) is 0 Å². The maximum Gasteiger partial charge on any atom is 0.447 e. The molecule has 72 valence electrons. The molecule has 0 bridgehead atoms. The van der Waals surface area contributed by atoms with E-state index in [1.165, 1.54) is 18.3 Å². The standard InChI is InChI=1S/C7H5ClF3NS/c8-3-5-1-2-6(12-4-5)13-7(9,10)11/h1-2,4H,3H2. The van der Waals surface area contributed by atoms with Crippen molar-refractivity contribution in [3.63, 3.8) is 0 Å². The van der Waals surface area contributed by atoms with Crippen LogP contribution in [0.15, 0.2) is 23.4 Å². The molecule has 13 heavy (non-hydrogen) atoms. The van der Waals surface area contributed by atoms with E-state index in [1.807, 2.05) is 0 Å². The second-order valence-corrected chi connectivity index (χ2v) is 3.54. The molecule has 0 aliphatic rings. The third-order valence-corrected chi connectivity index (χ3v) is 2.16. The Morgan fingerprint density at radius 1 is 1.38 bits per heavy atom. The highest BCUT2D eigenvalue weighted by Crippen LogP contribution is 2.35. The maximum atomic E-state index is 11.8. The highest BCUT2D eigenvalue weighted by Gasteiger charge is 2.29. The number of nitrogens with zero attached hydrogens (tertiary/aromatic N) is 1. The molecule has 0 N–H and O–H groups in total. The topological polar surface area (TPSA) is 12.9 Å². The van der Waals surface area contributed by atoms with Crippen molar-refractivity contribution < 1.29 is 13.2 Å². The van der Waals surface area contributed by atoms with Crippen molar-refractivity contribution in [2.75, 3.05) is 0 Å². The van der Waals surface area contributed by atoms with Gasteiger partial charge in [0.1, 0.15) is 5.03 Å². The summed E-state index contributed by atoms with van der Waals surface area (Å²) in [5.41, 5.74) is -3.58. The van der Waals surface area contributed by atoms with Crippen molar-refractivity contribution in [1.82, 2.24) is 4.98 Å². The number of aromatic nitrogens is 1. The van der Waals surface area contributed by atoms with Gasteiger partial charge in [-0.25, -0.2) is 4.98 Å². The number of alkyl halides is 4. The first kappa shape index (κ1) is 10.7. The first-order chi connectivity index (χ1) is 6.01. The lowest BCUT2D eigenvalue weighted by molar-refractivity contribution is -0.0329. The van der Waals surface area contributed by atoms with Gasteiger partial charge in [-0.1, -0.05) is 6.07 Å². The molecule has 0 aliphatic carbocycles. The molecule has 1 aromatic heterocycles. The molecule has 1 heterocycles. The predicted molar refractivity (Wildman–Crippen MR) is 45.7 cm³/mol. The molecule has 0 atom stereocenters. The van der Waals surface area contributed by atoms with Crippen LogP contribution in [0.3, 0.4) is 0 Å². The van der Waals surface area contributed by atoms with Gasteiger partial charge in [0.15, 0.2) is 0 Å². The minimum atomic E-state index is -4.28. The van der Waals surface area contributed by atoms with Gasteiger partial charge in [0.25, 0.3) is 0 Å². The molecule has 0 spiro atoms. The molecule has 0 fully saturated rings. The average molecular weight is 228 g/mol. The van der Waals surface area contributed by atoms with Crippen LogP contribution in [0.1, 0.15) is 5.56 Å². The number of pyridine rings is 1. The van der Waals surface area contributed by atoms with Crippen molar-refractivity contribution in [2.45, 2.75) is 16.4 Å². The average Bonchev–Trinajstić information content (AvgIpc) is 2.03. The van der Waals surface area contributed by atoms with Crippen LogP contribution in [-0.2, 0) is 5.88 Å². The normalized spacial score (nSPS) is 11.7. The lowest BCUT2D eigenvalue weighted by Gasteiger charge is -2.04. The van der Waals surface area contributed by atoms with Gasteiger partial charge in [0.05, 0.1) is 0 Å². The molecule has 1 nitrogen and oxygen atoms in total. The Bertz CT molecular complexity index is 272. The van der Waals surface area contributed by atoms with E-state index in [0.717, 1.165) is 0 Å². The summed E-state index contributed by atoms with van der Waals surface area (Å²) in [4.78, 5) is 3.59. The summed E-state index contributed by atoms with van der Waals surface area (Å²) in [7, 11) is 0. The number of thioether (sulfide) groups is 1. The van der Waals surface area contributed by atoms with Crippen LogP contribution < -0.4 is 0 Å². The molecule has 1 aromatic rings. The molecule has 0 amide bonds. The van der Waals surface area contributed by atoms with E-state index < -0.39 is 5.51 Å². The fourth-order valence-electron chi connectivity index (χ4n) is 0.669. The molecular formula is C7H5ClF3NS. The lowest BCUT2D eigenvalue weighted by Crippen LogP contribution is -2.00. The monoisotopic (exact) mass is 227 g/mol. The minimum absolute atomic E-state index is 0.0682. The van der Waals surface area contributed by atoms with Crippen molar-refractivity contribution in [3.8, 4) is 0 Å². The summed E-state index contributed by atoms with van der Waals surface area (Å²) in [5, 5.41) is -0.0682. The highest BCUT2D eigenvalue weighted by atomic mass is 35.5. The van der Waals surface area contributed by atoms with Gasteiger partial charge in [-0.05, 0) is 11.6 Å². The van der Waals surface area contributed by atoms with E-state index >= 15 is 0 Å². The van der Waals surface area contributed by atoms with Gasteiger partial charge >= 0.3 is 5.51 Å². The lowest BCUT2D eigenvalue weighted by atomic mass is 10.3. The van der Waals surface area contributed by atoms with Crippen molar-refractivity contribution in [3.05, 3.63) is 23.9 Å². The molecule has 0 unspecified atom stereocenters. The first-order valence-corrected chi connectivity index (χ1v) is 4.63. The molecule has 1 rings (SSSR count). The van der Waals surface area contributed by atoms with Crippen molar-refractivity contribution >= 4 is 23.4 Å². The van der Waals surface area contributed by atoms with E-state index in [2.05, 4.69) is 4.98 Å². The van der Waals surface area contributed by atoms with E-state index in [0.29, 0.717) is 5.56 Å². The molecule has 6 heteroatoms. The number of hydrogen-bond acceptors (Lipinski definition) is 2. The third kappa shape index (κ3) is 3.87. The van der Waals surface area contributed by atoms with Gasteiger partial charge in [0.2, 0.25) is 0 Å². The molecular weight excluding hydrogens is 223 g/mol. The van der Waals surface area contributed by atoms with Crippen LogP contribution >= 0.6 is 23.4 Å². The first-order valence-electron chi connectivity index (χ1n) is 3.28. The van der Waals surface area contributed by atoms with Gasteiger partial charge in [0, 0.05) is 23.8 Å². The van der Waals surface area contributed by atoms with Crippen molar-refractivity contribution in [1.29, 1.82) is 0 Å². The van der Waals surface area contributed by atoms with E-state index in [4.69, 9.17) is 11.6 Å². The maximum absolute atomic E-state index is 11.8. The number of rotatable bonds is 2. The minimum Gasteiger partial charge on any atom is -0.249 e. The Morgan fingerprint density at radius 3 is 2.46 bits per heavy atom. The summed E-state index contributed by atoms with van der Waals surface area (Å²) in [6, 6.07) is 2.82. The Kier molecular flexibility index (Phi) is 3.44. The second-order valence-electron chi connectivity index (χ2n) is 2.19. The molecule has 0 aliphatic heterocycles. The molecule has 0 aromatic carbocycles. The third-order valence-electron chi connectivity index (χ3n) is 1.17. The van der Waals surface area contributed by atoms with Gasteiger partial charge in [-0.15, -0.1) is 11.6 Å². The SMILES string of the molecule is FC(F)(F)Sc1ccc(CCl)cn1. The van der Waals surface area contributed by atoms with Crippen LogP contribution in [0.5, 0.6) is 0 Å². The Labute approximate surface area is 82.3 Å². The molecule has 0 saturated carbocycles. The quantitative estimate of drug-likeness (QED) is 0.567. The Morgan fingerprint density at radius 2 is 2.08 bits per heavy atom. The molecule has 0 saturated heterocycles. The van der Waals surface area contributed by atoms with Gasteiger partial charge < -0.3 is 0 Å². The zero-order valence-corrected chi connectivity index (χ0v) is 7.88. The number of hydrogen-bond donors (Lipinski definition) is 0. The van der Waals surface area contributed by atoms with Crippen LogP contribution in [0.25, 0.3) is 0 Å². The fourth-order valence-corrected chi connectivity index (χ4v) is 1.31. The molecule has 0 radical (unpaired) electrons. The van der Waals surface area contributed by atoms with Gasteiger partial charge in [-0.3, -0.25) is 0 Å². The summed E-state index contributed by atoms with van der Waals surface area (Å²) in [5.74, 6) is 0.254. The predicted octanol–water partition coefficient (Wildman–Crippen LogP) is 3.43. The largest absolute Gasteiger partial charge is 0.447 e. The van der Waals surface area contributed by atoms with Crippen molar-refractivity contribution in [2.24, 2.45) is 0 Å². The van der Waals surface area contributed by atoms with E-state index in [1.54, 1.807) is 0 Å². The zero-order chi connectivity index (χ0) is 9.90. The summed E-state index contributed by atoms with van der Waals surface area (Å²) in [6.45, 7) is 0. The smallest absolute Gasteiger partial charge is 0.249 e. The summed E-state index contributed by atoms with van der Waals surface area (Å²) < 4.78 is 35.5. The fraction of sp³-hybridized carbons (Fsp3) is 0.286. The number of halogens is 4. The van der Waals surface area contributed by atoms with Gasteiger partial charge in [-0.2, -0.15) is 13.2 Å². The Hall–Kier alpha value is -0.420.